The lowest BCUT2D eigenvalue weighted by Crippen LogP contribution is -2.16. The maximum Gasteiger partial charge on any atom is 0.261 e. The lowest BCUT2D eigenvalue weighted by Gasteiger charge is -2.11. The smallest absolute Gasteiger partial charge is 0.261 e. The van der Waals surface area contributed by atoms with Gasteiger partial charge < -0.3 is 10.1 Å². The van der Waals surface area contributed by atoms with Crippen molar-refractivity contribution in [1.29, 1.82) is 0 Å². The normalized spacial score (nSPS) is 11.0. The van der Waals surface area contributed by atoms with Gasteiger partial charge in [0.1, 0.15) is 5.75 Å². The number of nitrogens with one attached hydrogen (secondary N) is 2. The lowest BCUT2D eigenvalue weighted by atomic mass is 10.1. The molecule has 0 radical (unpaired) electrons. The summed E-state index contributed by atoms with van der Waals surface area (Å²) in [6.45, 7) is 3.89. The Balaban J connectivity index is 1.80. The van der Waals surface area contributed by atoms with E-state index in [0.29, 0.717) is 17.1 Å². The Kier molecular flexibility index (Phi) is 5.89. The molecule has 0 fully saturated rings. The number of hydrogen-bond donors (Lipinski definition) is 2. The van der Waals surface area contributed by atoms with E-state index in [4.69, 9.17) is 4.74 Å². The molecular formula is C22H22N2O4S. The number of carbonyl (C=O) groups excluding carboxylic acids is 1. The number of aryl methyl sites for hydroxylation is 2. The molecule has 0 saturated carbocycles. The highest BCUT2D eigenvalue weighted by Crippen LogP contribution is 2.21. The molecule has 0 unspecified atom stereocenters. The lowest BCUT2D eigenvalue weighted by molar-refractivity contribution is 0.102. The number of sulfonamides is 1. The molecule has 3 aromatic rings. The first-order chi connectivity index (χ1) is 13.8. The first kappa shape index (κ1) is 20.4. The quantitative estimate of drug-likeness (QED) is 0.632. The summed E-state index contributed by atoms with van der Waals surface area (Å²) < 4.78 is 33.0. The fraction of sp³-hybridized carbons (Fsp3) is 0.136. The molecule has 1 amide bonds. The zero-order chi connectivity index (χ0) is 21.0. The summed E-state index contributed by atoms with van der Waals surface area (Å²) in [4.78, 5) is 12.6. The van der Waals surface area contributed by atoms with E-state index in [1.165, 1.54) is 19.2 Å². The van der Waals surface area contributed by atoms with Crippen molar-refractivity contribution in [3.8, 4) is 5.75 Å². The molecule has 0 aliphatic heterocycles. The number of anilines is 2. The molecule has 0 spiro atoms. The predicted molar refractivity (Wildman–Crippen MR) is 114 cm³/mol. The van der Waals surface area contributed by atoms with Crippen LogP contribution in [0.1, 0.15) is 21.5 Å². The van der Waals surface area contributed by atoms with Crippen molar-refractivity contribution in [2.45, 2.75) is 18.7 Å². The van der Waals surface area contributed by atoms with Gasteiger partial charge in [-0.15, -0.1) is 0 Å². The second kappa shape index (κ2) is 8.36. The molecule has 0 saturated heterocycles. The molecule has 150 valence electrons. The van der Waals surface area contributed by atoms with Crippen molar-refractivity contribution in [2.24, 2.45) is 0 Å². The average molecular weight is 410 g/mol. The highest BCUT2D eigenvalue weighted by Gasteiger charge is 2.17. The van der Waals surface area contributed by atoms with E-state index in [0.717, 1.165) is 11.1 Å². The summed E-state index contributed by atoms with van der Waals surface area (Å²) in [7, 11) is -2.31. The maximum absolute atomic E-state index is 12.7. The molecule has 0 aromatic heterocycles. The number of hydrogen-bond acceptors (Lipinski definition) is 4. The van der Waals surface area contributed by atoms with Gasteiger partial charge in [-0.1, -0.05) is 12.1 Å². The van der Waals surface area contributed by atoms with Gasteiger partial charge >= 0.3 is 0 Å². The third-order valence-electron chi connectivity index (χ3n) is 4.23. The van der Waals surface area contributed by atoms with Gasteiger partial charge in [0.05, 0.1) is 12.0 Å². The SMILES string of the molecule is COc1ccc(NS(=O)(=O)c2cccc(C(=O)Nc3cc(C)cc(C)c3)c2)cc1. The molecule has 0 atom stereocenters. The average Bonchev–Trinajstić information content (AvgIpc) is 2.67. The van der Waals surface area contributed by atoms with E-state index in [2.05, 4.69) is 10.0 Å². The minimum Gasteiger partial charge on any atom is -0.497 e. The molecule has 29 heavy (non-hydrogen) atoms. The van der Waals surface area contributed by atoms with Crippen molar-refractivity contribution < 1.29 is 17.9 Å². The second-order valence-electron chi connectivity index (χ2n) is 6.69. The maximum atomic E-state index is 12.7. The van der Waals surface area contributed by atoms with E-state index in [-0.39, 0.29) is 16.4 Å². The zero-order valence-electron chi connectivity index (χ0n) is 16.4. The van der Waals surface area contributed by atoms with Gasteiger partial charge in [-0.25, -0.2) is 8.42 Å². The molecule has 0 heterocycles. The number of benzene rings is 3. The Morgan fingerprint density at radius 2 is 1.52 bits per heavy atom. The van der Waals surface area contributed by atoms with Crippen molar-refractivity contribution in [1.82, 2.24) is 0 Å². The number of ether oxygens (including phenoxy) is 1. The van der Waals surface area contributed by atoms with Crippen LogP contribution < -0.4 is 14.8 Å². The molecule has 3 rings (SSSR count). The van der Waals surface area contributed by atoms with E-state index < -0.39 is 10.0 Å². The van der Waals surface area contributed by atoms with Gasteiger partial charge in [0.15, 0.2) is 0 Å². The van der Waals surface area contributed by atoms with Crippen molar-refractivity contribution >= 4 is 27.3 Å². The highest BCUT2D eigenvalue weighted by molar-refractivity contribution is 7.92. The highest BCUT2D eigenvalue weighted by atomic mass is 32.2. The number of methoxy groups -OCH3 is 1. The summed E-state index contributed by atoms with van der Waals surface area (Å²) in [6, 6.07) is 18.2. The topological polar surface area (TPSA) is 84.5 Å². The van der Waals surface area contributed by atoms with Crippen LogP contribution in [0.2, 0.25) is 0 Å². The van der Waals surface area contributed by atoms with Crippen LogP contribution in [0.25, 0.3) is 0 Å². The summed E-state index contributed by atoms with van der Waals surface area (Å²) in [5.41, 5.74) is 3.37. The molecule has 6 nitrogen and oxygen atoms in total. The minimum absolute atomic E-state index is 0.00129. The monoisotopic (exact) mass is 410 g/mol. The van der Waals surface area contributed by atoms with Gasteiger partial charge in [0, 0.05) is 16.9 Å². The van der Waals surface area contributed by atoms with Crippen LogP contribution in [0.15, 0.2) is 71.6 Å². The predicted octanol–water partition coefficient (Wildman–Crippen LogP) is 4.37. The second-order valence-corrected chi connectivity index (χ2v) is 8.37. The van der Waals surface area contributed by atoms with Crippen molar-refractivity contribution in [3.63, 3.8) is 0 Å². The summed E-state index contributed by atoms with van der Waals surface area (Å²) >= 11 is 0. The van der Waals surface area contributed by atoms with Crippen LogP contribution >= 0.6 is 0 Å². The Hall–Kier alpha value is -3.32. The standard InChI is InChI=1S/C22H22N2O4S/c1-15-11-16(2)13-19(12-15)23-22(25)17-5-4-6-21(14-17)29(26,27)24-18-7-9-20(28-3)10-8-18/h4-14,24H,1-3H3,(H,23,25). The Morgan fingerprint density at radius 3 is 2.14 bits per heavy atom. The van der Waals surface area contributed by atoms with Gasteiger partial charge in [-0.2, -0.15) is 0 Å². The van der Waals surface area contributed by atoms with Crippen LogP contribution in [0.3, 0.4) is 0 Å². The number of rotatable bonds is 6. The van der Waals surface area contributed by atoms with Crippen molar-refractivity contribution in [2.75, 3.05) is 17.1 Å². The third-order valence-corrected chi connectivity index (χ3v) is 5.61. The molecule has 3 aromatic carbocycles. The molecule has 0 aliphatic carbocycles. The van der Waals surface area contributed by atoms with E-state index in [1.54, 1.807) is 36.4 Å². The molecular weight excluding hydrogens is 388 g/mol. The molecule has 7 heteroatoms. The largest absolute Gasteiger partial charge is 0.497 e. The van der Waals surface area contributed by atoms with Gasteiger partial charge in [-0.3, -0.25) is 9.52 Å². The Labute approximate surface area is 170 Å². The minimum atomic E-state index is -3.85. The summed E-state index contributed by atoms with van der Waals surface area (Å²) in [5, 5.41) is 2.81. The van der Waals surface area contributed by atoms with Crippen LogP contribution in [0, 0.1) is 13.8 Å². The zero-order valence-corrected chi connectivity index (χ0v) is 17.2. The van der Waals surface area contributed by atoms with E-state index in [1.807, 2.05) is 32.0 Å². The summed E-state index contributed by atoms with van der Waals surface area (Å²) in [5.74, 6) is 0.245. The molecule has 0 bridgehead atoms. The van der Waals surface area contributed by atoms with E-state index >= 15 is 0 Å². The van der Waals surface area contributed by atoms with Crippen LogP contribution in [0.5, 0.6) is 5.75 Å². The van der Waals surface area contributed by atoms with Crippen LogP contribution in [0.4, 0.5) is 11.4 Å². The fourth-order valence-electron chi connectivity index (χ4n) is 2.93. The number of carbonyl (C=O) groups is 1. The van der Waals surface area contributed by atoms with Crippen LogP contribution in [-0.2, 0) is 10.0 Å². The Morgan fingerprint density at radius 1 is 0.862 bits per heavy atom. The summed E-state index contributed by atoms with van der Waals surface area (Å²) in [6.07, 6.45) is 0. The van der Waals surface area contributed by atoms with E-state index in [9.17, 15) is 13.2 Å². The first-order valence-electron chi connectivity index (χ1n) is 8.93. The fourth-order valence-corrected chi connectivity index (χ4v) is 4.03. The van der Waals surface area contributed by atoms with Crippen LogP contribution in [-0.4, -0.2) is 21.4 Å². The molecule has 0 aliphatic rings. The Bertz CT molecular complexity index is 1120. The van der Waals surface area contributed by atoms with Gasteiger partial charge in [0.25, 0.3) is 15.9 Å². The van der Waals surface area contributed by atoms with Crippen molar-refractivity contribution in [3.05, 3.63) is 83.4 Å². The van der Waals surface area contributed by atoms with Gasteiger partial charge in [0.2, 0.25) is 0 Å². The first-order valence-corrected chi connectivity index (χ1v) is 10.4. The third kappa shape index (κ3) is 5.14. The molecule has 2 N–H and O–H groups in total. The van der Waals surface area contributed by atoms with Gasteiger partial charge in [-0.05, 0) is 79.6 Å². The number of amides is 1.